The monoisotopic (exact) mass is 300 g/mol. The highest BCUT2D eigenvalue weighted by Gasteiger charge is 2.31. The largest absolute Gasteiger partial charge is 0.417 e. The summed E-state index contributed by atoms with van der Waals surface area (Å²) < 4.78 is 39.2. The third-order valence-corrected chi connectivity index (χ3v) is 2.84. The molecule has 0 radical (unpaired) electrons. The summed E-state index contributed by atoms with van der Waals surface area (Å²) in [5.41, 5.74) is -2.32. The number of carbonyl (C=O) groups is 1. The molecule has 2 aromatic heterocycles. The van der Waals surface area contributed by atoms with Crippen molar-refractivity contribution < 1.29 is 18.0 Å². The van der Waals surface area contributed by atoms with Crippen LogP contribution in [0.1, 0.15) is 18.5 Å². The van der Waals surface area contributed by atoms with Crippen molar-refractivity contribution in [3.05, 3.63) is 46.9 Å². The van der Waals surface area contributed by atoms with E-state index in [0.717, 1.165) is 0 Å². The number of hydrogen-bond donors (Lipinski definition) is 2. The zero-order chi connectivity index (χ0) is 15.6. The Morgan fingerprint density at radius 1 is 1.48 bits per heavy atom. The van der Waals surface area contributed by atoms with Crippen LogP contribution in [0.4, 0.5) is 18.9 Å². The van der Waals surface area contributed by atoms with Gasteiger partial charge in [-0.1, -0.05) is 0 Å². The molecule has 2 rings (SSSR count). The van der Waals surface area contributed by atoms with Gasteiger partial charge in [-0.15, -0.1) is 0 Å². The van der Waals surface area contributed by atoms with E-state index in [4.69, 9.17) is 0 Å². The first-order valence-corrected chi connectivity index (χ1v) is 5.87. The maximum Gasteiger partial charge on any atom is 0.417 e. The quantitative estimate of drug-likeness (QED) is 0.907. The first-order valence-electron chi connectivity index (χ1n) is 5.87. The van der Waals surface area contributed by atoms with Crippen LogP contribution in [0.5, 0.6) is 0 Å². The number of alkyl halides is 3. The molecule has 0 unspecified atom stereocenters. The summed E-state index contributed by atoms with van der Waals surface area (Å²) in [6.07, 6.45) is 0.318. The first kappa shape index (κ1) is 14.8. The van der Waals surface area contributed by atoms with Crippen molar-refractivity contribution in [1.29, 1.82) is 0 Å². The molecule has 1 atom stereocenters. The van der Waals surface area contributed by atoms with Gasteiger partial charge in [-0.2, -0.15) is 13.2 Å². The van der Waals surface area contributed by atoms with Crippen LogP contribution < -0.4 is 10.9 Å². The van der Waals surface area contributed by atoms with Gasteiger partial charge in [0, 0.05) is 18.6 Å². The Bertz CT molecular complexity index is 691. The fraction of sp³-hybridized carbons (Fsp3) is 0.250. The maximum atomic E-state index is 12.6. The molecule has 0 aliphatic carbocycles. The van der Waals surface area contributed by atoms with Gasteiger partial charge in [0.1, 0.15) is 11.7 Å². The lowest BCUT2D eigenvalue weighted by Crippen LogP contribution is -2.27. The average molecular weight is 300 g/mol. The molecule has 0 aliphatic heterocycles. The average Bonchev–Trinajstić information content (AvgIpc) is 2.92. The number of carbonyl (C=O) groups excluding carboxylic acids is 1. The number of H-pyrrole nitrogens is 1. The van der Waals surface area contributed by atoms with Crippen LogP contribution in [0.2, 0.25) is 0 Å². The Morgan fingerprint density at radius 2 is 2.19 bits per heavy atom. The third-order valence-electron chi connectivity index (χ3n) is 2.84. The molecule has 0 saturated heterocycles. The van der Waals surface area contributed by atoms with Crippen LogP contribution in [0, 0.1) is 0 Å². The highest BCUT2D eigenvalue weighted by Crippen LogP contribution is 2.29. The summed E-state index contributed by atoms with van der Waals surface area (Å²) in [7, 11) is 0. The summed E-state index contributed by atoms with van der Waals surface area (Å²) in [5.74, 6) is -0.627. The summed E-state index contributed by atoms with van der Waals surface area (Å²) in [6, 6.07) is -0.126. The van der Waals surface area contributed by atoms with E-state index < -0.39 is 34.9 Å². The molecular formula is C12H11F3N4O2. The van der Waals surface area contributed by atoms with E-state index >= 15 is 0 Å². The minimum Gasteiger partial charge on any atom is -0.327 e. The molecule has 0 aliphatic rings. The molecule has 0 aromatic carbocycles. The van der Waals surface area contributed by atoms with Gasteiger partial charge in [0.15, 0.2) is 0 Å². The topological polar surface area (TPSA) is 79.8 Å². The Morgan fingerprint density at radius 3 is 2.76 bits per heavy atom. The molecule has 1 amide bonds. The summed E-state index contributed by atoms with van der Waals surface area (Å²) in [4.78, 5) is 29.1. The molecular weight excluding hydrogens is 289 g/mol. The lowest BCUT2D eigenvalue weighted by Gasteiger charge is -2.14. The second-order valence-corrected chi connectivity index (χ2v) is 4.30. The van der Waals surface area contributed by atoms with Crippen molar-refractivity contribution in [3.63, 3.8) is 0 Å². The Hall–Kier alpha value is -2.58. The molecule has 6 nitrogen and oxygen atoms in total. The molecule has 112 valence electrons. The van der Waals surface area contributed by atoms with Gasteiger partial charge in [-0.3, -0.25) is 9.59 Å². The molecule has 0 spiro atoms. The molecule has 9 heteroatoms. The molecule has 0 bridgehead atoms. The smallest absolute Gasteiger partial charge is 0.327 e. The van der Waals surface area contributed by atoms with E-state index in [1.54, 1.807) is 0 Å². The van der Waals surface area contributed by atoms with Crippen molar-refractivity contribution in [1.82, 2.24) is 14.5 Å². The van der Waals surface area contributed by atoms with Crippen molar-refractivity contribution in [2.75, 3.05) is 5.32 Å². The molecule has 0 fully saturated rings. The van der Waals surface area contributed by atoms with E-state index in [9.17, 15) is 22.8 Å². The van der Waals surface area contributed by atoms with E-state index in [1.807, 2.05) is 4.98 Å². The number of rotatable bonds is 3. The second kappa shape index (κ2) is 5.43. The van der Waals surface area contributed by atoms with E-state index in [-0.39, 0.29) is 0 Å². The van der Waals surface area contributed by atoms with E-state index in [0.29, 0.717) is 12.3 Å². The van der Waals surface area contributed by atoms with Gasteiger partial charge in [-0.05, 0) is 13.0 Å². The Balaban J connectivity index is 2.23. The Kier molecular flexibility index (Phi) is 3.83. The predicted octanol–water partition coefficient (Wildman–Crippen LogP) is 1.79. The molecule has 2 aromatic rings. The van der Waals surface area contributed by atoms with Crippen LogP contribution in [-0.4, -0.2) is 20.4 Å². The van der Waals surface area contributed by atoms with Gasteiger partial charge in [0.2, 0.25) is 5.91 Å². The molecule has 0 saturated carbocycles. The number of imidazole rings is 1. The lowest BCUT2D eigenvalue weighted by atomic mass is 10.2. The molecule has 2 N–H and O–H groups in total. The van der Waals surface area contributed by atoms with Crippen molar-refractivity contribution in [2.24, 2.45) is 0 Å². The number of hydrogen-bond acceptors (Lipinski definition) is 3. The van der Waals surface area contributed by atoms with Crippen LogP contribution in [0.3, 0.4) is 0 Å². The molecule has 21 heavy (non-hydrogen) atoms. The summed E-state index contributed by atoms with van der Waals surface area (Å²) in [6.45, 7) is 1.53. The minimum atomic E-state index is -4.61. The zero-order valence-electron chi connectivity index (χ0n) is 10.8. The summed E-state index contributed by atoms with van der Waals surface area (Å²) in [5, 5.41) is 2.18. The van der Waals surface area contributed by atoms with Gasteiger partial charge in [-0.25, -0.2) is 4.98 Å². The number of nitrogens with one attached hydrogen (secondary N) is 2. The number of amides is 1. The number of halogens is 3. The highest BCUT2D eigenvalue weighted by atomic mass is 19.4. The SMILES string of the molecule is C[C@H](C(=O)Nc1cc(C(F)(F)F)c[nH]c1=O)n1ccnc1. The second-order valence-electron chi connectivity index (χ2n) is 4.30. The van der Waals surface area contributed by atoms with Gasteiger partial charge in [0.05, 0.1) is 11.9 Å². The fourth-order valence-electron chi connectivity index (χ4n) is 1.61. The summed E-state index contributed by atoms with van der Waals surface area (Å²) >= 11 is 0. The normalized spacial score (nSPS) is 13.0. The van der Waals surface area contributed by atoms with Gasteiger partial charge >= 0.3 is 6.18 Å². The van der Waals surface area contributed by atoms with E-state index in [2.05, 4.69) is 10.3 Å². The number of anilines is 1. The maximum absolute atomic E-state index is 12.6. The number of pyridine rings is 1. The molecule has 2 heterocycles. The minimum absolute atomic E-state index is 0.457. The number of nitrogens with zero attached hydrogens (tertiary/aromatic N) is 2. The first-order chi connectivity index (χ1) is 9.79. The zero-order valence-corrected chi connectivity index (χ0v) is 10.8. The predicted molar refractivity (Wildman–Crippen MR) is 67.6 cm³/mol. The lowest BCUT2D eigenvalue weighted by molar-refractivity contribution is -0.137. The number of aromatic nitrogens is 3. The van der Waals surface area contributed by atoms with Gasteiger partial charge in [0.25, 0.3) is 5.56 Å². The standard InChI is InChI=1S/C12H11F3N4O2/c1-7(19-3-2-16-6-19)10(20)18-9-4-8(12(13,14)15)5-17-11(9)21/h2-7H,1H3,(H,17,21)(H,18,20)/t7-/m1/s1. The van der Waals surface area contributed by atoms with Crippen molar-refractivity contribution >= 4 is 11.6 Å². The van der Waals surface area contributed by atoms with Crippen LogP contribution in [0.15, 0.2) is 35.8 Å². The highest BCUT2D eigenvalue weighted by molar-refractivity contribution is 5.93. The van der Waals surface area contributed by atoms with E-state index in [1.165, 1.54) is 30.2 Å². The van der Waals surface area contributed by atoms with Crippen LogP contribution in [-0.2, 0) is 11.0 Å². The third kappa shape index (κ3) is 3.30. The number of aromatic amines is 1. The van der Waals surface area contributed by atoms with Crippen molar-refractivity contribution in [2.45, 2.75) is 19.1 Å². The van der Waals surface area contributed by atoms with Gasteiger partial charge < -0.3 is 14.9 Å². The Labute approximate surface area is 116 Å². The van der Waals surface area contributed by atoms with Crippen LogP contribution in [0.25, 0.3) is 0 Å². The fourth-order valence-corrected chi connectivity index (χ4v) is 1.61. The van der Waals surface area contributed by atoms with Crippen LogP contribution >= 0.6 is 0 Å². The van der Waals surface area contributed by atoms with Crippen molar-refractivity contribution in [3.8, 4) is 0 Å².